The van der Waals surface area contributed by atoms with Crippen LogP contribution in [0.25, 0.3) is 21.8 Å². The lowest BCUT2D eigenvalue weighted by Gasteiger charge is -1.92. The molecule has 1 aromatic heterocycles. The first-order valence-electron chi connectivity index (χ1n) is 4.74. The number of aromatic nitrogens is 1. The van der Waals surface area contributed by atoms with Gasteiger partial charge in [0, 0.05) is 16.3 Å². The fourth-order valence-electron chi connectivity index (χ4n) is 1.94. The summed E-state index contributed by atoms with van der Waals surface area (Å²) in [5.74, 6) is 0. The molecule has 15 heavy (non-hydrogen) atoms. The first-order valence-corrected chi connectivity index (χ1v) is 4.74. The molecule has 1 N–H and O–H groups in total. The minimum absolute atomic E-state index is 0.573. The van der Waals surface area contributed by atoms with Crippen molar-refractivity contribution in [1.82, 2.24) is 10.5 Å². The number of nitrogens with one attached hydrogen (secondary N) is 1. The van der Waals surface area contributed by atoms with Crippen LogP contribution in [-0.2, 0) is 0 Å². The second kappa shape index (κ2) is 2.92. The smallest absolute Gasteiger partial charge is 0.112 e. The lowest BCUT2D eigenvalue weighted by atomic mass is 10.1. The third-order valence-corrected chi connectivity index (χ3v) is 2.63. The van der Waals surface area contributed by atoms with Crippen molar-refractivity contribution in [3.05, 3.63) is 42.5 Å². The zero-order chi connectivity index (χ0) is 10.3. The highest BCUT2D eigenvalue weighted by molar-refractivity contribution is 6.10. The number of hydrogen-bond acceptors (Lipinski definition) is 1. The molecule has 3 aromatic rings. The van der Waals surface area contributed by atoms with Crippen molar-refractivity contribution in [2.24, 2.45) is 5.11 Å². The van der Waals surface area contributed by atoms with E-state index < -0.39 is 0 Å². The van der Waals surface area contributed by atoms with E-state index in [1.165, 1.54) is 0 Å². The Morgan fingerprint density at radius 2 is 1.73 bits per heavy atom. The van der Waals surface area contributed by atoms with Crippen molar-refractivity contribution in [2.75, 3.05) is 0 Å². The van der Waals surface area contributed by atoms with Gasteiger partial charge in [-0.15, -0.1) is 5.11 Å². The van der Waals surface area contributed by atoms with Crippen LogP contribution in [0.1, 0.15) is 0 Å². The third kappa shape index (κ3) is 1.06. The lowest BCUT2D eigenvalue weighted by Crippen LogP contribution is -1.69. The number of fused-ring (bicyclic) bond motifs is 3. The fourth-order valence-corrected chi connectivity index (χ4v) is 1.94. The molecule has 0 spiro atoms. The van der Waals surface area contributed by atoms with Gasteiger partial charge in [0.15, 0.2) is 0 Å². The molecule has 0 saturated heterocycles. The van der Waals surface area contributed by atoms with E-state index in [4.69, 9.17) is 5.53 Å². The Morgan fingerprint density at radius 1 is 0.933 bits per heavy atom. The van der Waals surface area contributed by atoms with E-state index in [9.17, 15) is 0 Å². The second-order valence-electron chi connectivity index (χ2n) is 3.47. The molecule has 0 atom stereocenters. The maximum atomic E-state index is 8.87. The average molecular weight is 194 g/mol. The number of rotatable bonds is 1. The van der Waals surface area contributed by atoms with Gasteiger partial charge < -0.3 is 4.98 Å². The molecular weight excluding hydrogens is 186 g/mol. The van der Waals surface area contributed by atoms with Gasteiger partial charge in [-0.2, -0.15) is 0 Å². The number of H-pyrrole nitrogens is 1. The Hall–Kier alpha value is -2.16. The molecule has 0 aliphatic rings. The number of aromatic amines is 1. The summed E-state index contributed by atoms with van der Waals surface area (Å²) >= 11 is 0. The molecule has 2 aromatic carbocycles. The van der Waals surface area contributed by atoms with E-state index in [0.29, 0.717) is 5.69 Å². The van der Waals surface area contributed by atoms with E-state index in [2.05, 4.69) is 16.2 Å². The minimum Gasteiger partial charge on any atom is -0.353 e. The van der Waals surface area contributed by atoms with E-state index in [1.807, 2.05) is 30.3 Å². The van der Waals surface area contributed by atoms with E-state index in [-0.39, 0.29) is 0 Å². The van der Waals surface area contributed by atoms with Crippen molar-refractivity contribution in [3.8, 4) is 0 Å². The minimum atomic E-state index is 0.573. The van der Waals surface area contributed by atoms with Gasteiger partial charge in [-0.05, 0) is 17.7 Å². The standard InChI is InChI=1S/C12H8N3/c13-15-11-7-3-5-9-8-4-1-2-6-10(8)14-12(9)11/h1-7,14H. The summed E-state index contributed by atoms with van der Waals surface area (Å²) in [6.07, 6.45) is 0. The largest absolute Gasteiger partial charge is 0.353 e. The van der Waals surface area contributed by atoms with Gasteiger partial charge in [0.25, 0.3) is 0 Å². The highest BCUT2D eigenvalue weighted by atomic mass is 15.0. The van der Waals surface area contributed by atoms with Gasteiger partial charge in [0.05, 0.1) is 5.52 Å². The molecule has 3 nitrogen and oxygen atoms in total. The summed E-state index contributed by atoms with van der Waals surface area (Å²) in [5, 5.41) is 5.50. The molecule has 1 heterocycles. The topological polar surface area (TPSA) is 50.4 Å². The van der Waals surface area contributed by atoms with Crippen LogP contribution in [0, 0.1) is 0 Å². The van der Waals surface area contributed by atoms with Gasteiger partial charge in [-0.25, -0.2) is 0 Å². The summed E-state index contributed by atoms with van der Waals surface area (Å²) in [4.78, 5) is 3.24. The Kier molecular flexibility index (Phi) is 1.59. The summed E-state index contributed by atoms with van der Waals surface area (Å²) in [6, 6.07) is 13.7. The summed E-state index contributed by atoms with van der Waals surface area (Å²) in [7, 11) is 0. The number of para-hydroxylation sites is 2. The lowest BCUT2D eigenvalue weighted by molar-refractivity contribution is 1.31. The fraction of sp³-hybridized carbons (Fsp3) is 0. The Bertz CT molecular complexity index is 652. The van der Waals surface area contributed by atoms with Crippen LogP contribution < -0.4 is 5.53 Å². The van der Waals surface area contributed by atoms with Gasteiger partial charge in [-0.3, -0.25) is 0 Å². The molecule has 0 bridgehead atoms. The molecule has 3 heteroatoms. The Balaban J connectivity index is 2.59. The average Bonchev–Trinajstić information content (AvgIpc) is 2.67. The van der Waals surface area contributed by atoms with Crippen molar-refractivity contribution >= 4 is 27.5 Å². The SMILES string of the molecule is [N]=Nc1cccc2c1[nH]c1ccccc12. The van der Waals surface area contributed by atoms with Crippen LogP contribution in [0.3, 0.4) is 0 Å². The van der Waals surface area contributed by atoms with Crippen molar-refractivity contribution < 1.29 is 0 Å². The van der Waals surface area contributed by atoms with Crippen molar-refractivity contribution in [3.63, 3.8) is 0 Å². The predicted octanol–water partition coefficient (Wildman–Crippen LogP) is 3.20. The molecule has 71 valence electrons. The first-order chi connectivity index (χ1) is 7.40. The number of nitrogens with zero attached hydrogens (tertiary/aromatic N) is 2. The van der Waals surface area contributed by atoms with Crippen molar-refractivity contribution in [1.29, 1.82) is 0 Å². The molecular formula is C12H8N3. The summed E-state index contributed by atoms with van der Waals surface area (Å²) in [6.45, 7) is 0. The summed E-state index contributed by atoms with van der Waals surface area (Å²) in [5.41, 5.74) is 11.4. The van der Waals surface area contributed by atoms with Gasteiger partial charge in [0.2, 0.25) is 0 Å². The highest BCUT2D eigenvalue weighted by Crippen LogP contribution is 2.30. The third-order valence-electron chi connectivity index (χ3n) is 2.63. The quantitative estimate of drug-likeness (QED) is 0.578. The maximum Gasteiger partial charge on any atom is 0.112 e. The molecule has 0 fully saturated rings. The van der Waals surface area contributed by atoms with Gasteiger partial charge in [0.1, 0.15) is 5.69 Å². The molecule has 0 aliphatic heterocycles. The first kappa shape index (κ1) is 8.17. The van der Waals surface area contributed by atoms with E-state index >= 15 is 0 Å². The number of hydrogen-bond donors (Lipinski definition) is 1. The van der Waals surface area contributed by atoms with Crippen LogP contribution in [0.15, 0.2) is 47.6 Å². The monoisotopic (exact) mass is 194 g/mol. The molecule has 0 saturated carbocycles. The van der Waals surface area contributed by atoms with Gasteiger partial charge in [-0.1, -0.05) is 30.3 Å². The Morgan fingerprint density at radius 3 is 2.60 bits per heavy atom. The van der Waals surface area contributed by atoms with Crippen LogP contribution >= 0.6 is 0 Å². The zero-order valence-corrected chi connectivity index (χ0v) is 7.94. The normalized spacial score (nSPS) is 10.9. The van der Waals surface area contributed by atoms with Gasteiger partial charge >= 0.3 is 0 Å². The van der Waals surface area contributed by atoms with Crippen LogP contribution in [0.5, 0.6) is 0 Å². The molecule has 0 aliphatic carbocycles. The highest BCUT2D eigenvalue weighted by Gasteiger charge is 2.06. The molecule has 0 amide bonds. The molecule has 3 rings (SSSR count). The second-order valence-corrected chi connectivity index (χ2v) is 3.47. The van der Waals surface area contributed by atoms with E-state index in [1.54, 1.807) is 6.07 Å². The maximum absolute atomic E-state index is 8.87. The van der Waals surface area contributed by atoms with Crippen LogP contribution in [-0.4, -0.2) is 4.98 Å². The zero-order valence-electron chi connectivity index (χ0n) is 7.94. The predicted molar refractivity (Wildman–Crippen MR) is 60.0 cm³/mol. The molecule has 0 unspecified atom stereocenters. The summed E-state index contributed by atoms with van der Waals surface area (Å²) < 4.78 is 0. The van der Waals surface area contributed by atoms with Crippen LogP contribution in [0.4, 0.5) is 5.69 Å². The van der Waals surface area contributed by atoms with Crippen molar-refractivity contribution in [2.45, 2.75) is 0 Å². The van der Waals surface area contributed by atoms with Crippen LogP contribution in [0.2, 0.25) is 0 Å². The number of benzene rings is 2. The molecule has 1 radical (unpaired) electrons. The Labute approximate surface area is 86.2 Å². The van der Waals surface area contributed by atoms with E-state index in [0.717, 1.165) is 21.8 Å².